The minimum atomic E-state index is -0.202. The smallest absolute Gasteiger partial charge is 0.271 e. The SMILES string of the molecule is CN1CCN(c2cnc(C(=O)NCCc3ccc(Cl)cc3)cn2)CC1. The fraction of sp³-hybridized carbons (Fsp3) is 0.389. The summed E-state index contributed by atoms with van der Waals surface area (Å²) in [6.07, 6.45) is 3.97. The molecule has 2 heterocycles. The van der Waals surface area contributed by atoms with Crippen LogP contribution < -0.4 is 10.2 Å². The van der Waals surface area contributed by atoms with E-state index in [0.29, 0.717) is 17.3 Å². The number of hydrogen-bond donors (Lipinski definition) is 1. The number of halogens is 1. The maximum atomic E-state index is 12.2. The maximum Gasteiger partial charge on any atom is 0.271 e. The molecule has 0 bridgehead atoms. The summed E-state index contributed by atoms with van der Waals surface area (Å²) in [5, 5.41) is 3.58. The minimum Gasteiger partial charge on any atom is -0.353 e. The third-order valence-corrected chi connectivity index (χ3v) is 4.56. The molecule has 0 saturated carbocycles. The number of carbonyl (C=O) groups excluding carboxylic acids is 1. The van der Waals surface area contributed by atoms with Crippen LogP contribution in [-0.2, 0) is 6.42 Å². The highest BCUT2D eigenvalue weighted by molar-refractivity contribution is 6.30. The van der Waals surface area contributed by atoms with Gasteiger partial charge in [-0.15, -0.1) is 0 Å². The zero-order valence-electron chi connectivity index (χ0n) is 14.3. The van der Waals surface area contributed by atoms with Crippen molar-refractivity contribution in [2.24, 2.45) is 0 Å². The number of benzene rings is 1. The molecule has 1 aliphatic heterocycles. The van der Waals surface area contributed by atoms with E-state index in [2.05, 4.69) is 32.1 Å². The van der Waals surface area contributed by atoms with E-state index in [4.69, 9.17) is 11.6 Å². The second-order valence-corrected chi connectivity index (χ2v) is 6.62. The van der Waals surface area contributed by atoms with Crippen LogP contribution in [0.5, 0.6) is 0 Å². The zero-order valence-corrected chi connectivity index (χ0v) is 15.0. The van der Waals surface area contributed by atoms with E-state index in [0.717, 1.165) is 44.0 Å². The maximum absolute atomic E-state index is 12.2. The molecule has 3 rings (SSSR count). The monoisotopic (exact) mass is 359 g/mol. The molecule has 1 aliphatic rings. The third kappa shape index (κ3) is 4.90. The summed E-state index contributed by atoms with van der Waals surface area (Å²) in [4.78, 5) is 25.3. The number of rotatable bonds is 5. The first-order valence-corrected chi connectivity index (χ1v) is 8.78. The Balaban J connectivity index is 1.49. The van der Waals surface area contributed by atoms with Gasteiger partial charge in [-0.05, 0) is 31.2 Å². The van der Waals surface area contributed by atoms with Crippen molar-refractivity contribution in [1.82, 2.24) is 20.2 Å². The molecule has 1 amide bonds. The molecule has 1 aromatic heterocycles. The van der Waals surface area contributed by atoms with E-state index in [-0.39, 0.29) is 5.91 Å². The number of amides is 1. The van der Waals surface area contributed by atoms with Gasteiger partial charge in [-0.1, -0.05) is 23.7 Å². The van der Waals surface area contributed by atoms with Crippen LogP contribution in [0.15, 0.2) is 36.7 Å². The molecule has 1 aromatic carbocycles. The Hall–Kier alpha value is -2.18. The molecule has 0 atom stereocenters. The van der Waals surface area contributed by atoms with Gasteiger partial charge >= 0.3 is 0 Å². The number of anilines is 1. The first kappa shape index (κ1) is 17.6. The van der Waals surface area contributed by atoms with Crippen molar-refractivity contribution < 1.29 is 4.79 Å². The molecule has 7 heteroatoms. The van der Waals surface area contributed by atoms with Crippen LogP contribution >= 0.6 is 11.6 Å². The highest BCUT2D eigenvalue weighted by Crippen LogP contribution is 2.12. The average molecular weight is 360 g/mol. The summed E-state index contributed by atoms with van der Waals surface area (Å²) in [6, 6.07) is 7.61. The molecule has 132 valence electrons. The van der Waals surface area contributed by atoms with E-state index in [1.165, 1.54) is 0 Å². The van der Waals surface area contributed by atoms with Crippen molar-refractivity contribution in [3.8, 4) is 0 Å². The van der Waals surface area contributed by atoms with E-state index in [9.17, 15) is 4.79 Å². The minimum absolute atomic E-state index is 0.202. The third-order valence-electron chi connectivity index (χ3n) is 4.31. The number of carbonyl (C=O) groups is 1. The normalized spacial score (nSPS) is 15.2. The number of aromatic nitrogens is 2. The molecular weight excluding hydrogens is 338 g/mol. The van der Waals surface area contributed by atoms with E-state index >= 15 is 0 Å². The van der Waals surface area contributed by atoms with Crippen molar-refractivity contribution >= 4 is 23.3 Å². The molecule has 1 N–H and O–H groups in total. The number of nitrogens with one attached hydrogen (secondary N) is 1. The van der Waals surface area contributed by atoms with Gasteiger partial charge in [0.2, 0.25) is 0 Å². The lowest BCUT2D eigenvalue weighted by Crippen LogP contribution is -2.44. The van der Waals surface area contributed by atoms with Crippen LogP contribution in [0.2, 0.25) is 5.02 Å². The molecule has 0 spiro atoms. The fourth-order valence-electron chi connectivity index (χ4n) is 2.70. The molecule has 6 nitrogen and oxygen atoms in total. The zero-order chi connectivity index (χ0) is 17.6. The van der Waals surface area contributed by atoms with Crippen LogP contribution in [-0.4, -0.2) is 60.5 Å². The lowest BCUT2D eigenvalue weighted by molar-refractivity contribution is 0.0949. The van der Waals surface area contributed by atoms with Crippen LogP contribution in [0.3, 0.4) is 0 Å². The Labute approximate surface area is 152 Å². The number of hydrogen-bond acceptors (Lipinski definition) is 5. The van der Waals surface area contributed by atoms with Crippen LogP contribution in [0, 0.1) is 0 Å². The standard InChI is InChI=1S/C18H22ClN5O/c1-23-8-10-24(11-9-23)17-13-21-16(12-22-17)18(25)20-7-6-14-2-4-15(19)5-3-14/h2-5,12-13H,6-11H2,1H3,(H,20,25). The summed E-state index contributed by atoms with van der Waals surface area (Å²) < 4.78 is 0. The summed E-state index contributed by atoms with van der Waals surface area (Å²) in [7, 11) is 2.11. The van der Waals surface area contributed by atoms with E-state index in [1.54, 1.807) is 12.4 Å². The van der Waals surface area contributed by atoms with Gasteiger partial charge in [0, 0.05) is 37.7 Å². The Morgan fingerprint density at radius 3 is 2.48 bits per heavy atom. The lowest BCUT2D eigenvalue weighted by Gasteiger charge is -2.32. The first-order chi connectivity index (χ1) is 12.1. The Kier molecular flexibility index (Phi) is 5.83. The van der Waals surface area contributed by atoms with Gasteiger partial charge in [-0.2, -0.15) is 0 Å². The van der Waals surface area contributed by atoms with Crippen LogP contribution in [0.25, 0.3) is 0 Å². The molecule has 1 fully saturated rings. The van der Waals surface area contributed by atoms with Crippen molar-refractivity contribution in [1.29, 1.82) is 0 Å². The molecular formula is C18H22ClN5O. The number of likely N-dealkylation sites (N-methyl/N-ethyl adjacent to an activating group) is 1. The van der Waals surface area contributed by atoms with Gasteiger partial charge < -0.3 is 15.1 Å². The summed E-state index contributed by atoms with van der Waals surface area (Å²) in [6.45, 7) is 4.42. The summed E-state index contributed by atoms with van der Waals surface area (Å²) in [5.74, 6) is 0.622. The highest BCUT2D eigenvalue weighted by atomic mass is 35.5. The van der Waals surface area contributed by atoms with Crippen molar-refractivity contribution in [3.63, 3.8) is 0 Å². The van der Waals surface area contributed by atoms with Gasteiger partial charge in [0.1, 0.15) is 11.5 Å². The molecule has 0 aliphatic carbocycles. The molecule has 2 aromatic rings. The van der Waals surface area contributed by atoms with Crippen LogP contribution in [0.4, 0.5) is 5.82 Å². The Morgan fingerprint density at radius 2 is 1.84 bits per heavy atom. The first-order valence-electron chi connectivity index (χ1n) is 8.40. The van der Waals surface area contributed by atoms with Gasteiger partial charge in [0.25, 0.3) is 5.91 Å². The number of nitrogens with zero attached hydrogens (tertiary/aromatic N) is 4. The molecule has 1 saturated heterocycles. The van der Waals surface area contributed by atoms with Gasteiger partial charge in [0.05, 0.1) is 12.4 Å². The predicted molar refractivity (Wildman–Crippen MR) is 99.2 cm³/mol. The van der Waals surface area contributed by atoms with Crippen molar-refractivity contribution in [2.75, 3.05) is 44.7 Å². The van der Waals surface area contributed by atoms with Gasteiger partial charge in [-0.25, -0.2) is 9.97 Å². The van der Waals surface area contributed by atoms with Gasteiger partial charge in [0.15, 0.2) is 0 Å². The number of piperazine rings is 1. The van der Waals surface area contributed by atoms with Gasteiger partial charge in [-0.3, -0.25) is 4.79 Å². The van der Waals surface area contributed by atoms with E-state index in [1.807, 2.05) is 24.3 Å². The predicted octanol–water partition coefficient (Wildman–Crippen LogP) is 1.85. The van der Waals surface area contributed by atoms with Crippen molar-refractivity contribution in [2.45, 2.75) is 6.42 Å². The topological polar surface area (TPSA) is 61.4 Å². The summed E-state index contributed by atoms with van der Waals surface area (Å²) in [5.41, 5.74) is 1.47. The average Bonchev–Trinajstić information content (AvgIpc) is 2.64. The highest BCUT2D eigenvalue weighted by Gasteiger charge is 2.16. The van der Waals surface area contributed by atoms with Crippen LogP contribution in [0.1, 0.15) is 16.1 Å². The van der Waals surface area contributed by atoms with Crippen molar-refractivity contribution in [3.05, 3.63) is 52.9 Å². The fourth-order valence-corrected chi connectivity index (χ4v) is 2.83. The molecule has 0 unspecified atom stereocenters. The summed E-state index contributed by atoms with van der Waals surface area (Å²) >= 11 is 5.86. The Morgan fingerprint density at radius 1 is 1.12 bits per heavy atom. The van der Waals surface area contributed by atoms with E-state index < -0.39 is 0 Å². The lowest BCUT2D eigenvalue weighted by atomic mass is 10.1. The Bertz CT molecular complexity index is 696. The molecule has 25 heavy (non-hydrogen) atoms. The largest absolute Gasteiger partial charge is 0.353 e. The second kappa shape index (κ2) is 8.27. The second-order valence-electron chi connectivity index (χ2n) is 6.18. The molecule has 0 radical (unpaired) electrons. The quantitative estimate of drug-likeness (QED) is 0.882.